The Morgan fingerprint density at radius 3 is 2.54 bits per heavy atom. The molecule has 2 amide bonds. The summed E-state index contributed by atoms with van der Waals surface area (Å²) in [5.41, 5.74) is 0.687. The van der Waals surface area contributed by atoms with Crippen molar-refractivity contribution in [3.05, 3.63) is 47.1 Å². The molecule has 0 atom stereocenters. The number of pyridine rings is 1. The molecule has 0 saturated heterocycles. The summed E-state index contributed by atoms with van der Waals surface area (Å²) in [5, 5.41) is 6.05. The number of carbonyl (C=O) groups excluding carboxylic acids is 2. The molecular formula is C19H22ClN3O3. The average molecular weight is 376 g/mol. The highest BCUT2D eigenvalue weighted by Gasteiger charge is 2.21. The zero-order valence-corrected chi connectivity index (χ0v) is 16.0. The lowest BCUT2D eigenvalue weighted by atomic mass is 9.96. The smallest absolute Gasteiger partial charge is 0.230 e. The molecule has 1 aromatic carbocycles. The number of nitrogens with one attached hydrogen (secondary N) is 2. The first-order valence-electron chi connectivity index (χ1n) is 8.09. The minimum absolute atomic E-state index is 0.107. The highest BCUT2D eigenvalue weighted by Crippen LogP contribution is 2.24. The van der Waals surface area contributed by atoms with Crippen molar-refractivity contribution in [3.8, 4) is 5.75 Å². The van der Waals surface area contributed by atoms with Crippen LogP contribution in [0.1, 0.15) is 26.3 Å². The second-order valence-electron chi connectivity index (χ2n) is 6.82. The summed E-state index contributed by atoms with van der Waals surface area (Å²) < 4.78 is 5.25. The van der Waals surface area contributed by atoms with E-state index in [4.69, 9.17) is 16.3 Å². The van der Waals surface area contributed by atoms with Crippen molar-refractivity contribution in [2.45, 2.75) is 27.2 Å². The standard InChI is InChI=1S/C19H22ClN3O3/c1-19(2,3)18(25)23-16-11-14(7-8-21-16)22-17(24)10-12-9-13(20)5-6-15(12)26-4/h5-9,11H,10H2,1-4H3,(H2,21,22,23,24,25). The lowest BCUT2D eigenvalue weighted by Crippen LogP contribution is -2.28. The molecule has 0 aliphatic carbocycles. The van der Waals surface area contributed by atoms with Crippen molar-refractivity contribution < 1.29 is 14.3 Å². The van der Waals surface area contributed by atoms with Crippen molar-refractivity contribution in [3.63, 3.8) is 0 Å². The molecule has 2 aromatic rings. The summed E-state index contributed by atoms with van der Waals surface area (Å²) >= 11 is 5.99. The minimum atomic E-state index is -0.538. The fourth-order valence-electron chi connectivity index (χ4n) is 2.14. The highest BCUT2D eigenvalue weighted by atomic mass is 35.5. The Kier molecular flexibility index (Phi) is 6.21. The molecule has 0 spiro atoms. The Morgan fingerprint density at radius 2 is 1.88 bits per heavy atom. The SMILES string of the molecule is COc1ccc(Cl)cc1CC(=O)Nc1ccnc(NC(=O)C(C)(C)C)c1. The molecule has 0 aliphatic rings. The Hall–Kier alpha value is -2.60. The average Bonchev–Trinajstić information content (AvgIpc) is 2.54. The van der Waals surface area contributed by atoms with Crippen LogP contribution in [0.4, 0.5) is 11.5 Å². The summed E-state index contributed by atoms with van der Waals surface area (Å²) in [6.45, 7) is 5.44. The first-order valence-corrected chi connectivity index (χ1v) is 8.46. The molecule has 26 heavy (non-hydrogen) atoms. The number of carbonyl (C=O) groups is 2. The Labute approximate surface area is 157 Å². The third-order valence-corrected chi connectivity index (χ3v) is 3.80. The molecule has 2 rings (SSSR count). The predicted octanol–water partition coefficient (Wildman–Crippen LogP) is 3.91. The normalized spacial score (nSPS) is 11.0. The van der Waals surface area contributed by atoms with Gasteiger partial charge in [-0.3, -0.25) is 9.59 Å². The van der Waals surface area contributed by atoms with Gasteiger partial charge in [-0.1, -0.05) is 32.4 Å². The number of benzene rings is 1. The highest BCUT2D eigenvalue weighted by molar-refractivity contribution is 6.30. The van der Waals surface area contributed by atoms with Crippen LogP contribution in [0.25, 0.3) is 0 Å². The third-order valence-electron chi connectivity index (χ3n) is 3.56. The fourth-order valence-corrected chi connectivity index (χ4v) is 2.34. The number of rotatable bonds is 5. The van der Waals surface area contributed by atoms with Crippen LogP contribution >= 0.6 is 11.6 Å². The van der Waals surface area contributed by atoms with E-state index in [9.17, 15) is 9.59 Å². The van der Waals surface area contributed by atoms with E-state index in [1.54, 1.807) is 30.3 Å². The van der Waals surface area contributed by atoms with E-state index in [0.29, 0.717) is 27.8 Å². The summed E-state index contributed by atoms with van der Waals surface area (Å²) in [6.07, 6.45) is 1.63. The molecule has 0 radical (unpaired) electrons. The van der Waals surface area contributed by atoms with Gasteiger partial charge in [-0.15, -0.1) is 0 Å². The number of methoxy groups -OCH3 is 1. The molecule has 6 nitrogen and oxygen atoms in total. The van der Waals surface area contributed by atoms with Crippen LogP contribution in [-0.4, -0.2) is 23.9 Å². The van der Waals surface area contributed by atoms with Gasteiger partial charge in [0.05, 0.1) is 13.5 Å². The van der Waals surface area contributed by atoms with E-state index in [0.717, 1.165) is 0 Å². The van der Waals surface area contributed by atoms with Crippen molar-refractivity contribution in [2.75, 3.05) is 17.7 Å². The first-order chi connectivity index (χ1) is 12.2. The quantitative estimate of drug-likeness (QED) is 0.830. The van der Waals surface area contributed by atoms with Gasteiger partial charge in [0.2, 0.25) is 11.8 Å². The van der Waals surface area contributed by atoms with E-state index in [1.807, 2.05) is 20.8 Å². The molecule has 1 aromatic heterocycles. The largest absolute Gasteiger partial charge is 0.496 e. The summed E-state index contributed by atoms with van der Waals surface area (Å²) in [5.74, 6) is 0.586. The van der Waals surface area contributed by atoms with Crippen LogP contribution < -0.4 is 15.4 Å². The lowest BCUT2D eigenvalue weighted by Gasteiger charge is -2.17. The molecule has 0 fully saturated rings. The van der Waals surface area contributed by atoms with Gasteiger partial charge in [0.1, 0.15) is 11.6 Å². The van der Waals surface area contributed by atoms with E-state index < -0.39 is 5.41 Å². The number of halogens is 1. The minimum Gasteiger partial charge on any atom is -0.496 e. The number of anilines is 2. The van der Waals surface area contributed by atoms with Gasteiger partial charge in [-0.2, -0.15) is 0 Å². The van der Waals surface area contributed by atoms with Crippen molar-refractivity contribution in [1.29, 1.82) is 0 Å². The zero-order valence-electron chi connectivity index (χ0n) is 15.2. The molecule has 0 aliphatic heterocycles. The second-order valence-corrected chi connectivity index (χ2v) is 7.25. The molecule has 7 heteroatoms. The number of ether oxygens (including phenoxy) is 1. The summed E-state index contributed by atoms with van der Waals surface area (Å²) in [4.78, 5) is 28.5. The number of hydrogen-bond acceptors (Lipinski definition) is 4. The van der Waals surface area contributed by atoms with Crippen LogP contribution in [0, 0.1) is 5.41 Å². The van der Waals surface area contributed by atoms with Gasteiger partial charge in [-0.05, 0) is 24.3 Å². The van der Waals surface area contributed by atoms with Gasteiger partial charge in [0, 0.05) is 34.0 Å². The van der Waals surface area contributed by atoms with Gasteiger partial charge in [0.25, 0.3) is 0 Å². The first kappa shape index (κ1) is 19.7. The number of aromatic nitrogens is 1. The van der Waals surface area contributed by atoms with Gasteiger partial charge in [0.15, 0.2) is 0 Å². The van der Waals surface area contributed by atoms with Crippen molar-refractivity contribution in [1.82, 2.24) is 4.98 Å². The topological polar surface area (TPSA) is 80.3 Å². The summed E-state index contributed by atoms with van der Waals surface area (Å²) in [7, 11) is 1.54. The third kappa shape index (κ3) is 5.46. The predicted molar refractivity (Wildman–Crippen MR) is 103 cm³/mol. The van der Waals surface area contributed by atoms with Gasteiger partial charge >= 0.3 is 0 Å². The van der Waals surface area contributed by atoms with E-state index in [1.165, 1.54) is 13.3 Å². The maximum Gasteiger partial charge on any atom is 0.230 e. The van der Waals surface area contributed by atoms with E-state index in [-0.39, 0.29) is 18.2 Å². The van der Waals surface area contributed by atoms with E-state index >= 15 is 0 Å². The number of amides is 2. The molecule has 0 unspecified atom stereocenters. The molecule has 0 saturated carbocycles. The van der Waals surface area contributed by atoms with Crippen LogP contribution in [0.3, 0.4) is 0 Å². The van der Waals surface area contributed by atoms with Crippen LogP contribution in [0.2, 0.25) is 5.02 Å². The second kappa shape index (κ2) is 8.19. The van der Waals surface area contributed by atoms with Crippen molar-refractivity contribution >= 4 is 34.9 Å². The molecule has 2 N–H and O–H groups in total. The number of hydrogen-bond donors (Lipinski definition) is 2. The zero-order chi connectivity index (χ0) is 19.3. The molecular weight excluding hydrogens is 354 g/mol. The molecule has 1 heterocycles. The Morgan fingerprint density at radius 1 is 1.15 bits per heavy atom. The maximum absolute atomic E-state index is 12.3. The van der Waals surface area contributed by atoms with Crippen LogP contribution in [-0.2, 0) is 16.0 Å². The van der Waals surface area contributed by atoms with Crippen LogP contribution in [0.5, 0.6) is 5.75 Å². The fraction of sp³-hybridized carbons (Fsp3) is 0.316. The van der Waals surface area contributed by atoms with Crippen LogP contribution in [0.15, 0.2) is 36.5 Å². The molecule has 0 bridgehead atoms. The van der Waals surface area contributed by atoms with Crippen molar-refractivity contribution in [2.24, 2.45) is 5.41 Å². The Balaban J connectivity index is 2.07. The molecule has 138 valence electrons. The van der Waals surface area contributed by atoms with E-state index in [2.05, 4.69) is 15.6 Å². The monoisotopic (exact) mass is 375 g/mol. The maximum atomic E-state index is 12.3. The Bertz CT molecular complexity index is 816. The van der Waals surface area contributed by atoms with Gasteiger partial charge in [-0.25, -0.2) is 4.98 Å². The lowest BCUT2D eigenvalue weighted by molar-refractivity contribution is -0.123. The van der Waals surface area contributed by atoms with Gasteiger partial charge < -0.3 is 15.4 Å². The summed E-state index contributed by atoms with van der Waals surface area (Å²) in [6, 6.07) is 8.38. The number of nitrogens with zero attached hydrogens (tertiary/aromatic N) is 1.